The van der Waals surface area contributed by atoms with E-state index in [9.17, 15) is 18.0 Å². The van der Waals surface area contributed by atoms with Crippen LogP contribution in [0.1, 0.15) is 21.7 Å². The van der Waals surface area contributed by atoms with E-state index >= 15 is 0 Å². The number of hydrogen-bond acceptors (Lipinski definition) is 7. The smallest absolute Gasteiger partial charge is 0.387 e. The van der Waals surface area contributed by atoms with E-state index in [1.807, 2.05) is 0 Å². The number of nitrogens with zero attached hydrogens (tertiary/aromatic N) is 3. The number of thioether (sulfide) groups is 1. The molecule has 0 aliphatic heterocycles. The van der Waals surface area contributed by atoms with Crippen molar-refractivity contribution in [1.82, 2.24) is 14.8 Å². The van der Waals surface area contributed by atoms with E-state index in [1.54, 1.807) is 62.6 Å². The molecule has 0 amide bonds. The van der Waals surface area contributed by atoms with Crippen molar-refractivity contribution in [3.05, 3.63) is 89.5 Å². The van der Waals surface area contributed by atoms with Gasteiger partial charge in [0.05, 0.1) is 24.1 Å². The summed E-state index contributed by atoms with van der Waals surface area (Å²) in [5, 5.41) is 8.51. The summed E-state index contributed by atoms with van der Waals surface area (Å²) in [6, 6.07) is 17.4. The van der Waals surface area contributed by atoms with Gasteiger partial charge in [0, 0.05) is 0 Å². The van der Waals surface area contributed by atoms with E-state index in [1.165, 1.54) is 22.8 Å². The molecular formula is C26H22F3N3O4S. The SMILES string of the molecule is COc1ccc(OCc2nnc(SCC(=O)c3cc(C)ccc3OC(F)F)n2-c2ccccc2F)cc1. The van der Waals surface area contributed by atoms with Gasteiger partial charge in [-0.1, -0.05) is 35.5 Å². The number of alkyl halides is 2. The Morgan fingerprint density at radius 2 is 1.76 bits per heavy atom. The Morgan fingerprint density at radius 1 is 1.03 bits per heavy atom. The van der Waals surface area contributed by atoms with Gasteiger partial charge < -0.3 is 14.2 Å². The maximum atomic E-state index is 14.7. The molecule has 0 N–H and O–H groups in total. The fourth-order valence-corrected chi connectivity index (χ4v) is 4.30. The number of benzene rings is 3. The van der Waals surface area contributed by atoms with Crippen LogP contribution >= 0.6 is 11.8 Å². The third kappa shape index (κ3) is 6.42. The molecule has 0 fully saturated rings. The molecule has 0 aliphatic carbocycles. The molecular weight excluding hydrogens is 507 g/mol. The van der Waals surface area contributed by atoms with Crippen LogP contribution in [0.25, 0.3) is 5.69 Å². The second-order valence-electron chi connectivity index (χ2n) is 7.74. The van der Waals surface area contributed by atoms with Gasteiger partial charge >= 0.3 is 6.61 Å². The minimum Gasteiger partial charge on any atom is -0.497 e. The number of carbonyl (C=O) groups excluding carboxylic acids is 1. The highest BCUT2D eigenvalue weighted by atomic mass is 32.2. The van der Waals surface area contributed by atoms with Crippen molar-refractivity contribution in [2.45, 2.75) is 25.3 Å². The highest BCUT2D eigenvalue weighted by Crippen LogP contribution is 2.28. The largest absolute Gasteiger partial charge is 0.497 e. The van der Waals surface area contributed by atoms with Crippen LogP contribution in [-0.2, 0) is 6.61 Å². The molecule has 0 saturated carbocycles. The minimum absolute atomic E-state index is 0.0211. The monoisotopic (exact) mass is 529 g/mol. The number of carbonyl (C=O) groups is 1. The van der Waals surface area contributed by atoms with E-state index < -0.39 is 18.2 Å². The quantitative estimate of drug-likeness (QED) is 0.177. The van der Waals surface area contributed by atoms with Crippen LogP contribution in [0.3, 0.4) is 0 Å². The number of rotatable bonds is 11. The van der Waals surface area contributed by atoms with E-state index in [0.717, 1.165) is 11.8 Å². The molecule has 7 nitrogen and oxygen atoms in total. The average Bonchev–Trinajstić information content (AvgIpc) is 3.29. The zero-order chi connectivity index (χ0) is 26.4. The minimum atomic E-state index is -3.07. The summed E-state index contributed by atoms with van der Waals surface area (Å²) in [5.74, 6) is 0.147. The molecule has 0 aliphatic rings. The van der Waals surface area contributed by atoms with E-state index in [-0.39, 0.29) is 34.5 Å². The van der Waals surface area contributed by atoms with Crippen molar-refractivity contribution in [1.29, 1.82) is 0 Å². The zero-order valence-electron chi connectivity index (χ0n) is 19.9. The zero-order valence-corrected chi connectivity index (χ0v) is 20.7. The molecule has 4 aromatic rings. The molecule has 0 atom stereocenters. The molecule has 1 heterocycles. The summed E-state index contributed by atoms with van der Waals surface area (Å²) in [5.41, 5.74) is 0.906. The average molecular weight is 530 g/mol. The lowest BCUT2D eigenvalue weighted by Crippen LogP contribution is -2.11. The van der Waals surface area contributed by atoms with Gasteiger partial charge in [-0.2, -0.15) is 8.78 Å². The first-order valence-electron chi connectivity index (χ1n) is 11.0. The van der Waals surface area contributed by atoms with Crippen LogP contribution in [-0.4, -0.2) is 40.0 Å². The normalized spacial score (nSPS) is 11.0. The van der Waals surface area contributed by atoms with Crippen molar-refractivity contribution in [2.24, 2.45) is 0 Å². The van der Waals surface area contributed by atoms with Gasteiger partial charge in [-0.15, -0.1) is 10.2 Å². The summed E-state index contributed by atoms with van der Waals surface area (Å²) >= 11 is 0.992. The van der Waals surface area contributed by atoms with E-state index in [0.29, 0.717) is 22.9 Å². The van der Waals surface area contributed by atoms with Crippen LogP contribution in [0.15, 0.2) is 71.9 Å². The first-order valence-corrected chi connectivity index (χ1v) is 12.0. The van der Waals surface area contributed by atoms with Crippen LogP contribution in [0.2, 0.25) is 0 Å². The molecule has 4 rings (SSSR count). The van der Waals surface area contributed by atoms with Crippen molar-refractivity contribution < 1.29 is 32.2 Å². The standard InChI is InChI=1S/C26H22F3N3O4S/c1-16-7-12-23(36-25(28)29)19(13-16)22(33)15-37-26-31-30-24(32(26)21-6-4-3-5-20(21)27)14-35-18-10-8-17(34-2)9-11-18/h3-13,25H,14-15H2,1-2H3. The highest BCUT2D eigenvalue weighted by Gasteiger charge is 2.21. The molecule has 0 radical (unpaired) electrons. The van der Waals surface area contributed by atoms with Gasteiger partial charge in [-0.05, 0) is 55.5 Å². The third-order valence-corrected chi connectivity index (χ3v) is 6.13. The lowest BCUT2D eigenvalue weighted by atomic mass is 10.1. The molecule has 37 heavy (non-hydrogen) atoms. The summed E-state index contributed by atoms with van der Waals surface area (Å²) in [6.45, 7) is -1.37. The number of aromatic nitrogens is 3. The lowest BCUT2D eigenvalue weighted by molar-refractivity contribution is -0.0501. The van der Waals surface area contributed by atoms with Crippen LogP contribution in [0, 0.1) is 12.7 Å². The molecule has 0 saturated heterocycles. The Labute approximate surface area is 215 Å². The summed E-state index contributed by atoms with van der Waals surface area (Å²) in [6.07, 6.45) is 0. The number of para-hydroxylation sites is 1. The predicted octanol–water partition coefficient (Wildman–Crippen LogP) is 5.88. The molecule has 3 aromatic carbocycles. The fraction of sp³-hybridized carbons (Fsp3) is 0.192. The second-order valence-corrected chi connectivity index (χ2v) is 8.68. The number of ether oxygens (including phenoxy) is 3. The molecule has 11 heteroatoms. The highest BCUT2D eigenvalue weighted by molar-refractivity contribution is 7.99. The predicted molar refractivity (Wildman–Crippen MR) is 132 cm³/mol. The number of halogens is 3. The van der Waals surface area contributed by atoms with E-state index in [2.05, 4.69) is 14.9 Å². The summed E-state index contributed by atoms with van der Waals surface area (Å²) < 4.78 is 57.3. The van der Waals surface area contributed by atoms with Gasteiger partial charge in [0.15, 0.2) is 16.8 Å². The van der Waals surface area contributed by atoms with Crippen LogP contribution < -0.4 is 14.2 Å². The van der Waals surface area contributed by atoms with Gasteiger partial charge in [0.25, 0.3) is 0 Å². The third-order valence-electron chi connectivity index (χ3n) is 5.20. The van der Waals surface area contributed by atoms with Gasteiger partial charge in [-0.3, -0.25) is 9.36 Å². The Morgan fingerprint density at radius 3 is 2.46 bits per heavy atom. The molecule has 0 unspecified atom stereocenters. The molecule has 1 aromatic heterocycles. The first kappa shape index (κ1) is 26.1. The molecule has 192 valence electrons. The Hall–Kier alpha value is -3.99. The van der Waals surface area contributed by atoms with Gasteiger partial charge in [0.1, 0.15) is 29.7 Å². The summed E-state index contributed by atoms with van der Waals surface area (Å²) in [7, 11) is 1.56. The maximum Gasteiger partial charge on any atom is 0.387 e. The van der Waals surface area contributed by atoms with Crippen LogP contribution in [0.5, 0.6) is 17.2 Å². The Kier molecular flexibility index (Phi) is 8.34. The number of ketones is 1. The molecule has 0 spiro atoms. The first-order chi connectivity index (χ1) is 17.9. The Balaban J connectivity index is 1.58. The number of Topliss-reactive ketones (excluding diaryl/α,β-unsaturated/α-hetero) is 1. The summed E-state index contributed by atoms with van der Waals surface area (Å²) in [4.78, 5) is 12.9. The maximum absolute atomic E-state index is 14.7. The second kappa shape index (κ2) is 11.8. The van der Waals surface area contributed by atoms with Gasteiger partial charge in [-0.25, -0.2) is 4.39 Å². The number of hydrogen-bond donors (Lipinski definition) is 0. The molecule has 0 bridgehead atoms. The lowest BCUT2D eigenvalue weighted by Gasteiger charge is -2.13. The van der Waals surface area contributed by atoms with Crippen molar-refractivity contribution >= 4 is 17.5 Å². The number of methoxy groups -OCH3 is 1. The van der Waals surface area contributed by atoms with Crippen molar-refractivity contribution in [3.8, 4) is 22.9 Å². The topological polar surface area (TPSA) is 75.5 Å². The van der Waals surface area contributed by atoms with Crippen molar-refractivity contribution in [2.75, 3.05) is 12.9 Å². The van der Waals surface area contributed by atoms with Gasteiger partial charge in [0.2, 0.25) is 0 Å². The fourth-order valence-electron chi connectivity index (χ4n) is 3.45. The van der Waals surface area contributed by atoms with Crippen LogP contribution in [0.4, 0.5) is 13.2 Å². The van der Waals surface area contributed by atoms with E-state index in [4.69, 9.17) is 9.47 Å². The van der Waals surface area contributed by atoms with Crippen molar-refractivity contribution in [3.63, 3.8) is 0 Å². The number of aryl methyl sites for hydroxylation is 1. The Bertz CT molecular complexity index is 1380.